The van der Waals surface area contributed by atoms with E-state index in [1.54, 1.807) is 0 Å². The molecule has 0 radical (unpaired) electrons. The summed E-state index contributed by atoms with van der Waals surface area (Å²) in [6, 6.07) is 0. The average molecular weight is 92.2 g/mol. The van der Waals surface area contributed by atoms with Crippen LogP contribution in [0.4, 0.5) is 0 Å². The molecule has 3 heteroatoms. The Morgan fingerprint density at radius 1 is 1.80 bits per heavy atom. The zero-order chi connectivity index (χ0) is 4.12. The molecule has 0 aliphatic carbocycles. The van der Waals surface area contributed by atoms with Crippen LogP contribution in [0.2, 0.25) is 0 Å². The van der Waals surface area contributed by atoms with Gasteiger partial charge in [0.1, 0.15) is 0 Å². The summed E-state index contributed by atoms with van der Waals surface area (Å²) in [6.07, 6.45) is 0. The molecule has 0 saturated heterocycles. The van der Waals surface area contributed by atoms with E-state index >= 15 is 0 Å². The summed E-state index contributed by atoms with van der Waals surface area (Å²) in [5.41, 5.74) is 5.03. The second kappa shape index (κ2) is 4.27. The molecule has 0 aromatic carbocycles. The van der Waals surface area contributed by atoms with Crippen LogP contribution in [0.5, 0.6) is 0 Å². The van der Waals surface area contributed by atoms with E-state index in [-0.39, 0.29) is 0 Å². The van der Waals surface area contributed by atoms with E-state index < -0.39 is 0 Å². The Hall–Kier alpha value is 0.270. The Balaban J connectivity index is 2.19. The molecule has 0 aromatic rings. The first kappa shape index (κ1) is 5.27. The molecule has 0 unspecified atom stereocenters. The third-order valence-electron chi connectivity index (χ3n) is 0.256. The number of thiol groups is 1. The predicted octanol–water partition coefficient (Wildman–Crippen LogP) is -0.621. The normalized spacial score (nSPS) is 8.40. The lowest BCUT2D eigenvalue weighted by molar-refractivity contribution is 0.923. The highest BCUT2D eigenvalue weighted by atomic mass is 32.1. The van der Waals surface area contributed by atoms with Crippen LogP contribution in [0, 0.1) is 0 Å². The van der Waals surface area contributed by atoms with Crippen LogP contribution in [-0.2, 0) is 0 Å². The highest BCUT2D eigenvalue weighted by Gasteiger charge is 1.65. The maximum absolute atomic E-state index is 5.03. The van der Waals surface area contributed by atoms with Crippen molar-refractivity contribution >= 4 is 12.8 Å². The number of nitrogens with two attached hydrogens (primary N) is 1. The summed E-state index contributed by atoms with van der Waals surface area (Å²) in [5, 5.41) is 0. The smallest absolute Gasteiger partial charge is 0.0179 e. The minimum atomic E-state index is 0.656. The minimum Gasteiger partial charge on any atom is -0.329 e. The third-order valence-corrected chi connectivity index (χ3v) is 0.480. The van der Waals surface area contributed by atoms with Gasteiger partial charge in [0.25, 0.3) is 0 Å². The quantitative estimate of drug-likeness (QED) is 0.397. The SMILES string of the molecule is NCCNS. The van der Waals surface area contributed by atoms with E-state index in [2.05, 4.69) is 17.5 Å². The maximum atomic E-state index is 5.03. The van der Waals surface area contributed by atoms with E-state index in [0.717, 1.165) is 6.54 Å². The third kappa shape index (κ3) is 4.27. The Morgan fingerprint density at radius 3 is 2.40 bits per heavy atom. The Labute approximate surface area is 37.3 Å². The lowest BCUT2D eigenvalue weighted by atomic mass is 10.7. The summed E-state index contributed by atoms with van der Waals surface area (Å²) in [5.74, 6) is 0. The lowest BCUT2D eigenvalue weighted by Crippen LogP contribution is -2.13. The second-order valence-electron chi connectivity index (χ2n) is 0.697. The Kier molecular flexibility index (Phi) is 4.50. The number of hydrogen-bond donors (Lipinski definition) is 3. The van der Waals surface area contributed by atoms with Crippen LogP contribution >= 0.6 is 12.8 Å². The maximum Gasteiger partial charge on any atom is 0.0179 e. The van der Waals surface area contributed by atoms with E-state index in [9.17, 15) is 0 Å². The molecule has 3 N–H and O–H groups in total. The molecule has 0 saturated carbocycles. The van der Waals surface area contributed by atoms with E-state index in [4.69, 9.17) is 5.73 Å². The molecule has 0 heterocycles. The standard InChI is InChI=1S/C2H8N2S/c3-1-2-4-5/h4-5H,1-3H2. The van der Waals surface area contributed by atoms with Gasteiger partial charge in [0.05, 0.1) is 0 Å². The second-order valence-corrected chi connectivity index (χ2v) is 1.01. The summed E-state index contributed by atoms with van der Waals surface area (Å²) in [4.78, 5) is 0. The van der Waals surface area contributed by atoms with Gasteiger partial charge < -0.3 is 5.73 Å². The van der Waals surface area contributed by atoms with Crippen molar-refractivity contribution in [2.75, 3.05) is 13.1 Å². The first-order valence-electron chi connectivity index (χ1n) is 1.49. The Bertz CT molecular complexity index is 15.1. The van der Waals surface area contributed by atoms with Gasteiger partial charge in [0.2, 0.25) is 0 Å². The van der Waals surface area contributed by atoms with Crippen molar-refractivity contribution in [3.63, 3.8) is 0 Å². The van der Waals surface area contributed by atoms with Crippen LogP contribution in [-0.4, -0.2) is 13.1 Å². The zero-order valence-corrected chi connectivity index (χ0v) is 3.83. The molecule has 2 nitrogen and oxygen atoms in total. The largest absolute Gasteiger partial charge is 0.329 e. The molecule has 0 amide bonds. The molecule has 0 rings (SSSR count). The van der Waals surface area contributed by atoms with Crippen molar-refractivity contribution in [1.29, 1.82) is 0 Å². The molecule has 0 fully saturated rings. The predicted molar refractivity (Wildman–Crippen MR) is 26.0 cm³/mol. The number of hydrogen-bond acceptors (Lipinski definition) is 3. The van der Waals surface area contributed by atoms with Crippen LogP contribution in [0.3, 0.4) is 0 Å². The van der Waals surface area contributed by atoms with Crippen molar-refractivity contribution in [3.05, 3.63) is 0 Å². The summed E-state index contributed by atoms with van der Waals surface area (Å²) in [6.45, 7) is 1.44. The fraction of sp³-hybridized carbons (Fsp3) is 1.00. The van der Waals surface area contributed by atoms with Crippen molar-refractivity contribution < 1.29 is 0 Å². The number of nitrogens with one attached hydrogen (secondary N) is 1. The van der Waals surface area contributed by atoms with Crippen LogP contribution in [0.25, 0.3) is 0 Å². The van der Waals surface area contributed by atoms with Gasteiger partial charge in [0, 0.05) is 13.1 Å². The topological polar surface area (TPSA) is 38.0 Å². The van der Waals surface area contributed by atoms with Gasteiger partial charge in [-0.3, -0.25) is 4.72 Å². The van der Waals surface area contributed by atoms with Crippen molar-refractivity contribution in [2.24, 2.45) is 5.73 Å². The Morgan fingerprint density at radius 2 is 2.40 bits per heavy atom. The van der Waals surface area contributed by atoms with E-state index in [1.807, 2.05) is 0 Å². The van der Waals surface area contributed by atoms with E-state index in [0.29, 0.717) is 6.54 Å². The van der Waals surface area contributed by atoms with E-state index in [1.165, 1.54) is 0 Å². The molecule has 0 aromatic heterocycles. The summed E-state index contributed by atoms with van der Waals surface area (Å²) in [7, 11) is 0. The molecule has 0 spiro atoms. The van der Waals surface area contributed by atoms with Crippen molar-refractivity contribution in [3.8, 4) is 0 Å². The van der Waals surface area contributed by atoms with Gasteiger partial charge in [0.15, 0.2) is 0 Å². The average Bonchev–Trinajstić information content (AvgIpc) is 1.41. The molecular formula is C2H8N2S. The van der Waals surface area contributed by atoms with Crippen LogP contribution < -0.4 is 10.5 Å². The van der Waals surface area contributed by atoms with Gasteiger partial charge >= 0.3 is 0 Å². The van der Waals surface area contributed by atoms with Crippen LogP contribution in [0.15, 0.2) is 0 Å². The molecule has 32 valence electrons. The molecule has 0 bridgehead atoms. The first-order chi connectivity index (χ1) is 2.41. The monoisotopic (exact) mass is 92.0 g/mol. The first-order valence-corrected chi connectivity index (χ1v) is 1.93. The van der Waals surface area contributed by atoms with Gasteiger partial charge in [-0.15, -0.1) is 0 Å². The van der Waals surface area contributed by atoms with Crippen LogP contribution in [0.1, 0.15) is 0 Å². The van der Waals surface area contributed by atoms with Crippen molar-refractivity contribution in [1.82, 2.24) is 4.72 Å². The van der Waals surface area contributed by atoms with Gasteiger partial charge in [-0.2, -0.15) is 0 Å². The highest BCUT2D eigenvalue weighted by Crippen LogP contribution is 1.51. The van der Waals surface area contributed by atoms with Gasteiger partial charge in [-0.25, -0.2) is 0 Å². The highest BCUT2D eigenvalue weighted by molar-refractivity contribution is 7.78. The van der Waals surface area contributed by atoms with Crippen molar-refractivity contribution in [2.45, 2.75) is 0 Å². The zero-order valence-electron chi connectivity index (χ0n) is 2.94. The van der Waals surface area contributed by atoms with Gasteiger partial charge in [-0.05, 0) is 0 Å². The molecular weight excluding hydrogens is 84.1 g/mol. The molecule has 0 aliphatic rings. The fourth-order valence-electron chi connectivity index (χ4n) is 0.0645. The lowest BCUT2D eigenvalue weighted by Gasteiger charge is -1.84. The summed E-state index contributed by atoms with van der Waals surface area (Å²) >= 11 is 3.67. The molecule has 0 aliphatic heterocycles. The number of rotatable bonds is 2. The minimum absolute atomic E-state index is 0.656. The summed E-state index contributed by atoms with van der Waals surface area (Å²) < 4.78 is 2.59. The fourth-order valence-corrected chi connectivity index (χ4v) is 0.194. The molecule has 5 heavy (non-hydrogen) atoms. The molecule has 0 atom stereocenters. The van der Waals surface area contributed by atoms with Gasteiger partial charge in [-0.1, -0.05) is 12.8 Å².